The van der Waals surface area contributed by atoms with E-state index in [1.165, 1.54) is 0 Å². The third kappa shape index (κ3) is 3.70. The second-order valence-corrected chi connectivity index (χ2v) is 4.68. The first-order chi connectivity index (χ1) is 9.81. The molecule has 21 heavy (non-hydrogen) atoms. The lowest BCUT2D eigenvalue weighted by Gasteiger charge is -2.21. The van der Waals surface area contributed by atoms with Crippen LogP contribution in [0.4, 0.5) is 0 Å². The van der Waals surface area contributed by atoms with Crippen LogP contribution < -0.4 is 11.5 Å². The second-order valence-electron chi connectivity index (χ2n) is 4.68. The minimum Gasteiger partial charge on any atom is -0.505 e. The molecule has 0 aromatic carbocycles. The summed E-state index contributed by atoms with van der Waals surface area (Å²) >= 11 is 0. The number of carboxylic acids is 1. The molecular formula is C12H18N2O7. The van der Waals surface area contributed by atoms with Gasteiger partial charge in [0.1, 0.15) is 0 Å². The molecule has 0 aliphatic carbocycles. The summed E-state index contributed by atoms with van der Waals surface area (Å²) in [6, 6.07) is -1.48. The van der Waals surface area contributed by atoms with Crippen molar-refractivity contribution in [2.75, 3.05) is 6.54 Å². The molecule has 9 nitrogen and oxygen atoms in total. The Morgan fingerprint density at radius 1 is 1.29 bits per heavy atom. The van der Waals surface area contributed by atoms with Gasteiger partial charge in [0, 0.05) is 0 Å². The number of carbonyl (C=O) groups excluding carboxylic acids is 2. The van der Waals surface area contributed by atoms with Crippen LogP contribution in [0.1, 0.15) is 19.3 Å². The Morgan fingerprint density at radius 2 is 1.90 bits per heavy atom. The molecule has 1 heterocycles. The number of aliphatic hydroxyl groups is 2. The highest BCUT2D eigenvalue weighted by Crippen LogP contribution is 2.23. The molecule has 0 aromatic rings. The van der Waals surface area contributed by atoms with Gasteiger partial charge in [0.25, 0.3) is 0 Å². The van der Waals surface area contributed by atoms with Crippen molar-refractivity contribution in [2.24, 2.45) is 17.4 Å². The lowest BCUT2D eigenvalue weighted by Crippen LogP contribution is -2.47. The fourth-order valence-electron chi connectivity index (χ4n) is 1.98. The first-order valence-electron chi connectivity index (χ1n) is 6.36. The maximum Gasteiger partial charge on any atom is 0.378 e. The Bertz CT molecular complexity index is 474. The number of Topliss-reactive ketones (excluding diaryl/α,β-unsaturated/α-hetero) is 1. The first kappa shape index (κ1) is 16.9. The van der Waals surface area contributed by atoms with Crippen molar-refractivity contribution in [3.63, 3.8) is 0 Å². The van der Waals surface area contributed by atoms with Gasteiger partial charge in [0.2, 0.25) is 11.9 Å². The Balaban J connectivity index is 2.80. The molecule has 0 amide bonds. The second kappa shape index (κ2) is 7.04. The van der Waals surface area contributed by atoms with Crippen molar-refractivity contribution in [3.8, 4) is 0 Å². The minimum atomic E-state index is -1.76. The van der Waals surface area contributed by atoms with Crippen LogP contribution >= 0.6 is 0 Å². The quantitative estimate of drug-likeness (QED) is 0.277. The Morgan fingerprint density at radius 3 is 2.33 bits per heavy atom. The minimum absolute atomic E-state index is 0.122. The van der Waals surface area contributed by atoms with E-state index in [0.717, 1.165) is 0 Å². The molecule has 0 radical (unpaired) electrons. The molecule has 3 atom stereocenters. The van der Waals surface area contributed by atoms with Crippen molar-refractivity contribution < 1.29 is 34.4 Å². The monoisotopic (exact) mass is 302 g/mol. The van der Waals surface area contributed by atoms with Gasteiger partial charge in [-0.15, -0.1) is 0 Å². The highest BCUT2D eigenvalue weighted by Gasteiger charge is 2.44. The highest BCUT2D eigenvalue weighted by atomic mass is 16.6. The van der Waals surface area contributed by atoms with Gasteiger partial charge in [0.05, 0.1) is 12.0 Å². The van der Waals surface area contributed by atoms with Crippen molar-refractivity contribution in [1.29, 1.82) is 0 Å². The summed E-state index contributed by atoms with van der Waals surface area (Å²) in [7, 11) is 0. The van der Waals surface area contributed by atoms with E-state index >= 15 is 0 Å². The van der Waals surface area contributed by atoms with E-state index in [9.17, 15) is 19.5 Å². The molecular weight excluding hydrogens is 284 g/mol. The average Bonchev–Trinajstić information content (AvgIpc) is 2.69. The van der Waals surface area contributed by atoms with Crippen LogP contribution in [-0.4, -0.2) is 51.7 Å². The lowest BCUT2D eigenvalue weighted by atomic mass is 9.89. The van der Waals surface area contributed by atoms with Gasteiger partial charge < -0.3 is 31.5 Å². The van der Waals surface area contributed by atoms with E-state index in [2.05, 4.69) is 4.74 Å². The Kier molecular flexibility index (Phi) is 5.68. The maximum absolute atomic E-state index is 12.0. The summed E-state index contributed by atoms with van der Waals surface area (Å²) in [5, 5.41) is 27.7. The SMILES string of the molecule is NCCCCC(C(=O)O)C(N)C(=O)C1OC(=O)C(O)=C1O. The predicted octanol–water partition coefficient (Wildman–Crippen LogP) is -1.03. The van der Waals surface area contributed by atoms with Crippen molar-refractivity contribution in [1.82, 2.24) is 0 Å². The zero-order chi connectivity index (χ0) is 16.2. The van der Waals surface area contributed by atoms with E-state index in [0.29, 0.717) is 19.4 Å². The van der Waals surface area contributed by atoms with E-state index in [1.54, 1.807) is 0 Å². The van der Waals surface area contributed by atoms with E-state index < -0.39 is 47.3 Å². The van der Waals surface area contributed by atoms with Crippen LogP contribution in [0.2, 0.25) is 0 Å². The maximum atomic E-state index is 12.0. The molecule has 0 spiro atoms. The van der Waals surface area contributed by atoms with E-state index in [4.69, 9.17) is 21.7 Å². The summed E-state index contributed by atoms with van der Waals surface area (Å²) in [6.07, 6.45) is -0.596. The number of hydrogen-bond acceptors (Lipinski definition) is 8. The van der Waals surface area contributed by atoms with Crippen LogP contribution in [0.15, 0.2) is 11.5 Å². The summed E-state index contributed by atoms with van der Waals surface area (Å²) in [6.45, 7) is 0.382. The molecule has 1 aliphatic heterocycles. The summed E-state index contributed by atoms with van der Waals surface area (Å²) in [5.41, 5.74) is 10.9. The molecule has 3 unspecified atom stereocenters. The number of carboxylic acid groups (broad SMARTS) is 1. The fraction of sp³-hybridized carbons (Fsp3) is 0.583. The fourth-order valence-corrected chi connectivity index (χ4v) is 1.98. The van der Waals surface area contributed by atoms with Gasteiger partial charge >= 0.3 is 11.9 Å². The summed E-state index contributed by atoms with van der Waals surface area (Å²) in [5.74, 6) is -6.73. The third-order valence-electron chi connectivity index (χ3n) is 3.22. The lowest BCUT2D eigenvalue weighted by molar-refractivity contribution is -0.151. The smallest absolute Gasteiger partial charge is 0.378 e. The standard InChI is InChI=1S/C12H18N2O7/c13-4-2-1-3-5(11(18)19)6(14)7(15)10-8(16)9(17)12(20)21-10/h5-6,10,16-17H,1-4,13-14H2,(H,18,19). The van der Waals surface area contributed by atoms with Crippen LogP contribution in [0, 0.1) is 5.92 Å². The van der Waals surface area contributed by atoms with Gasteiger partial charge in [-0.25, -0.2) is 4.79 Å². The Labute approximate surface area is 120 Å². The average molecular weight is 302 g/mol. The van der Waals surface area contributed by atoms with Crippen LogP contribution in [-0.2, 0) is 19.1 Å². The number of carbonyl (C=O) groups is 3. The number of nitrogens with two attached hydrogens (primary N) is 2. The zero-order valence-electron chi connectivity index (χ0n) is 11.2. The number of esters is 1. The molecule has 0 fully saturated rings. The molecule has 0 bridgehead atoms. The molecule has 9 heteroatoms. The number of aliphatic carboxylic acids is 1. The van der Waals surface area contributed by atoms with Gasteiger partial charge in [-0.1, -0.05) is 6.42 Å². The van der Waals surface area contributed by atoms with E-state index in [1.807, 2.05) is 0 Å². The number of rotatable bonds is 8. The Hall–Kier alpha value is -2.13. The molecule has 0 aromatic heterocycles. The molecule has 1 aliphatic rings. The molecule has 0 saturated heterocycles. The number of ketones is 1. The van der Waals surface area contributed by atoms with Crippen molar-refractivity contribution in [3.05, 3.63) is 11.5 Å². The zero-order valence-corrected chi connectivity index (χ0v) is 11.2. The number of hydrogen-bond donors (Lipinski definition) is 5. The topological polar surface area (TPSA) is 173 Å². The highest BCUT2D eigenvalue weighted by molar-refractivity contribution is 6.00. The molecule has 118 valence electrons. The predicted molar refractivity (Wildman–Crippen MR) is 69.2 cm³/mol. The first-order valence-corrected chi connectivity index (χ1v) is 6.36. The molecule has 1 rings (SSSR count). The number of aliphatic hydroxyl groups excluding tert-OH is 2. The summed E-state index contributed by atoms with van der Waals surface area (Å²) in [4.78, 5) is 34.2. The van der Waals surface area contributed by atoms with Gasteiger partial charge in [-0.05, 0) is 19.4 Å². The third-order valence-corrected chi connectivity index (χ3v) is 3.22. The van der Waals surface area contributed by atoms with Crippen LogP contribution in [0.25, 0.3) is 0 Å². The number of ether oxygens (including phenoxy) is 1. The van der Waals surface area contributed by atoms with Gasteiger partial charge in [-0.2, -0.15) is 0 Å². The molecule has 0 saturated carbocycles. The largest absolute Gasteiger partial charge is 0.505 e. The summed E-state index contributed by atoms with van der Waals surface area (Å²) < 4.78 is 4.47. The normalized spacial score (nSPS) is 21.0. The van der Waals surface area contributed by atoms with E-state index in [-0.39, 0.29) is 6.42 Å². The van der Waals surface area contributed by atoms with Crippen LogP contribution in [0.5, 0.6) is 0 Å². The number of cyclic esters (lactones) is 1. The number of unbranched alkanes of at least 4 members (excludes halogenated alkanes) is 1. The van der Waals surface area contributed by atoms with Gasteiger partial charge in [-0.3, -0.25) is 9.59 Å². The molecule has 7 N–H and O–H groups in total. The van der Waals surface area contributed by atoms with Crippen molar-refractivity contribution in [2.45, 2.75) is 31.4 Å². The van der Waals surface area contributed by atoms with Gasteiger partial charge in [0.15, 0.2) is 11.5 Å². The van der Waals surface area contributed by atoms with Crippen LogP contribution in [0.3, 0.4) is 0 Å². The van der Waals surface area contributed by atoms with Crippen molar-refractivity contribution >= 4 is 17.7 Å².